The van der Waals surface area contributed by atoms with E-state index in [1.165, 1.54) is 17.0 Å². The Morgan fingerprint density at radius 3 is 2.86 bits per heavy atom. The number of hydrogen-bond acceptors (Lipinski definition) is 6. The molecule has 0 bridgehead atoms. The highest BCUT2D eigenvalue weighted by Gasteiger charge is 2.33. The van der Waals surface area contributed by atoms with Crippen LogP contribution in [0.1, 0.15) is 22.0 Å². The molecule has 0 saturated carbocycles. The Labute approximate surface area is 221 Å². The van der Waals surface area contributed by atoms with Crippen LogP contribution in [0, 0.1) is 5.82 Å². The lowest BCUT2D eigenvalue weighted by Crippen LogP contribution is -2.48. The molecule has 0 aliphatic carbocycles. The molecule has 1 N–H and O–H groups in total. The quantitative estimate of drug-likeness (QED) is 0.335. The van der Waals surface area contributed by atoms with E-state index in [1.807, 2.05) is 51.6 Å². The number of aliphatic hydroxyl groups is 1. The minimum atomic E-state index is -0.742. The molecule has 196 valence electrons. The summed E-state index contributed by atoms with van der Waals surface area (Å²) in [7, 11) is 0. The number of halogens is 1. The van der Waals surface area contributed by atoms with Gasteiger partial charge in [0.05, 0.1) is 31.9 Å². The third kappa shape index (κ3) is 7.72. The molecular weight excluding hydrogens is 491 g/mol. The van der Waals surface area contributed by atoms with Crippen molar-refractivity contribution in [2.24, 2.45) is 0 Å². The molecular formula is C29H33FN2O4S. The SMILES string of the molecule is C=CCN(CC(=O)N1CCc2sccc2C1COc1cccc(F)c1)CC(O)COCc1ccccc1. The number of carbonyl (C=O) groups is 1. The molecule has 2 heterocycles. The second kappa shape index (κ2) is 13.5. The van der Waals surface area contributed by atoms with Crippen LogP contribution >= 0.6 is 11.3 Å². The van der Waals surface area contributed by atoms with Crippen molar-refractivity contribution >= 4 is 17.2 Å². The van der Waals surface area contributed by atoms with Gasteiger partial charge in [-0.1, -0.05) is 42.5 Å². The summed E-state index contributed by atoms with van der Waals surface area (Å²) in [5.74, 6) is 0.0160. The van der Waals surface area contributed by atoms with Crippen LogP contribution in [0.5, 0.6) is 5.75 Å². The number of rotatable bonds is 13. The average Bonchev–Trinajstić information content (AvgIpc) is 3.37. The lowest BCUT2D eigenvalue weighted by atomic mass is 10.0. The number of carbonyl (C=O) groups excluding carboxylic acids is 1. The minimum Gasteiger partial charge on any atom is -0.491 e. The van der Waals surface area contributed by atoms with Gasteiger partial charge in [0.1, 0.15) is 18.2 Å². The molecule has 6 nitrogen and oxygen atoms in total. The highest BCUT2D eigenvalue weighted by molar-refractivity contribution is 7.10. The van der Waals surface area contributed by atoms with Crippen LogP contribution in [-0.4, -0.2) is 66.3 Å². The van der Waals surface area contributed by atoms with Gasteiger partial charge in [0.15, 0.2) is 0 Å². The molecule has 2 aromatic carbocycles. The fourth-order valence-electron chi connectivity index (χ4n) is 4.51. The van der Waals surface area contributed by atoms with Crippen LogP contribution in [0.25, 0.3) is 0 Å². The van der Waals surface area contributed by atoms with Gasteiger partial charge in [-0.15, -0.1) is 17.9 Å². The molecule has 1 aromatic heterocycles. The lowest BCUT2D eigenvalue weighted by Gasteiger charge is -2.37. The molecule has 2 atom stereocenters. The summed E-state index contributed by atoms with van der Waals surface area (Å²) in [5.41, 5.74) is 2.11. The number of hydrogen-bond donors (Lipinski definition) is 1. The van der Waals surface area contributed by atoms with E-state index in [4.69, 9.17) is 9.47 Å². The van der Waals surface area contributed by atoms with E-state index in [0.717, 1.165) is 17.5 Å². The monoisotopic (exact) mass is 524 g/mol. The van der Waals surface area contributed by atoms with Gasteiger partial charge in [-0.3, -0.25) is 9.69 Å². The number of amides is 1. The largest absolute Gasteiger partial charge is 0.491 e. The second-order valence-corrected chi connectivity index (χ2v) is 10.1. The van der Waals surface area contributed by atoms with Gasteiger partial charge < -0.3 is 19.5 Å². The Balaban J connectivity index is 1.36. The highest BCUT2D eigenvalue weighted by Crippen LogP contribution is 2.34. The molecule has 3 aromatic rings. The summed E-state index contributed by atoms with van der Waals surface area (Å²) in [6.07, 6.45) is 1.77. The Hall–Kier alpha value is -3.04. The van der Waals surface area contributed by atoms with Crippen molar-refractivity contribution in [3.63, 3.8) is 0 Å². The molecule has 8 heteroatoms. The average molecular weight is 525 g/mol. The number of benzene rings is 2. The Morgan fingerprint density at radius 2 is 2.08 bits per heavy atom. The van der Waals surface area contributed by atoms with Crippen molar-refractivity contribution in [1.82, 2.24) is 9.80 Å². The summed E-state index contributed by atoms with van der Waals surface area (Å²) in [4.78, 5) is 18.4. The lowest BCUT2D eigenvalue weighted by molar-refractivity contribution is -0.136. The van der Waals surface area contributed by atoms with Crippen molar-refractivity contribution in [2.75, 3.05) is 39.4 Å². The molecule has 0 saturated heterocycles. The van der Waals surface area contributed by atoms with E-state index in [2.05, 4.69) is 6.58 Å². The topological polar surface area (TPSA) is 62.2 Å². The normalized spacial score (nSPS) is 15.9. The first kappa shape index (κ1) is 27.0. The maximum Gasteiger partial charge on any atom is 0.237 e. The standard InChI is InChI=1S/C29H33FN2O4S/c1-2-13-31(17-24(33)20-35-19-22-7-4-3-5-8-22)18-29(34)32-14-11-28-26(12-15-37-28)27(32)21-36-25-10-6-9-23(30)16-25/h2-10,12,15-16,24,27,33H,1,11,13-14,17-21H2. The highest BCUT2D eigenvalue weighted by atomic mass is 32.1. The van der Waals surface area contributed by atoms with Crippen LogP contribution in [-0.2, 0) is 22.6 Å². The molecule has 4 rings (SSSR count). The summed E-state index contributed by atoms with van der Waals surface area (Å²) in [6, 6.07) is 17.6. The maximum atomic E-state index is 13.6. The van der Waals surface area contributed by atoms with Crippen LogP contribution in [0.4, 0.5) is 4.39 Å². The van der Waals surface area contributed by atoms with Crippen molar-refractivity contribution in [1.29, 1.82) is 0 Å². The molecule has 37 heavy (non-hydrogen) atoms. The van der Waals surface area contributed by atoms with Gasteiger partial charge >= 0.3 is 0 Å². The second-order valence-electron chi connectivity index (χ2n) is 9.06. The molecule has 0 radical (unpaired) electrons. The zero-order chi connectivity index (χ0) is 26.0. The number of aliphatic hydroxyl groups excluding tert-OH is 1. The van der Waals surface area contributed by atoms with Crippen molar-refractivity contribution in [3.05, 3.63) is 101 Å². The summed E-state index contributed by atoms with van der Waals surface area (Å²) in [6.45, 7) is 6.09. The minimum absolute atomic E-state index is 0.0519. The molecule has 1 amide bonds. The third-order valence-corrected chi connectivity index (χ3v) is 7.25. The van der Waals surface area contributed by atoms with E-state index in [1.54, 1.807) is 29.5 Å². The zero-order valence-electron chi connectivity index (χ0n) is 20.8. The third-order valence-electron chi connectivity index (χ3n) is 6.26. The van der Waals surface area contributed by atoms with Crippen LogP contribution in [0.3, 0.4) is 0 Å². The molecule has 0 spiro atoms. The van der Waals surface area contributed by atoms with E-state index >= 15 is 0 Å². The summed E-state index contributed by atoms with van der Waals surface area (Å²) < 4.78 is 25.2. The number of thiophene rings is 1. The summed E-state index contributed by atoms with van der Waals surface area (Å²) in [5, 5.41) is 12.6. The first-order valence-corrected chi connectivity index (χ1v) is 13.3. The van der Waals surface area contributed by atoms with Crippen LogP contribution < -0.4 is 4.74 Å². The number of nitrogens with zero attached hydrogens (tertiary/aromatic N) is 2. The van der Waals surface area contributed by atoms with Gasteiger partial charge in [0.25, 0.3) is 0 Å². The van der Waals surface area contributed by atoms with Crippen molar-refractivity contribution < 1.29 is 23.8 Å². The maximum absolute atomic E-state index is 13.6. The Kier molecular flexibility index (Phi) is 9.85. The predicted octanol–water partition coefficient (Wildman–Crippen LogP) is 4.46. The van der Waals surface area contributed by atoms with Gasteiger partial charge in [-0.05, 0) is 41.1 Å². The number of fused-ring (bicyclic) bond motifs is 1. The van der Waals surface area contributed by atoms with Gasteiger partial charge in [0, 0.05) is 30.6 Å². The van der Waals surface area contributed by atoms with E-state index in [0.29, 0.717) is 25.4 Å². The molecule has 0 fully saturated rings. The summed E-state index contributed by atoms with van der Waals surface area (Å²) >= 11 is 1.68. The Morgan fingerprint density at radius 1 is 1.24 bits per heavy atom. The molecule has 2 unspecified atom stereocenters. The predicted molar refractivity (Wildman–Crippen MR) is 143 cm³/mol. The molecule has 1 aliphatic heterocycles. The first-order chi connectivity index (χ1) is 18.0. The van der Waals surface area contributed by atoms with Crippen LogP contribution in [0.2, 0.25) is 0 Å². The Bertz CT molecular complexity index is 1160. The van der Waals surface area contributed by atoms with E-state index in [-0.39, 0.29) is 44.1 Å². The van der Waals surface area contributed by atoms with Crippen LogP contribution in [0.15, 0.2) is 78.7 Å². The first-order valence-electron chi connectivity index (χ1n) is 12.4. The van der Waals surface area contributed by atoms with E-state index in [9.17, 15) is 14.3 Å². The van der Waals surface area contributed by atoms with Gasteiger partial charge in [-0.25, -0.2) is 4.39 Å². The fourth-order valence-corrected chi connectivity index (χ4v) is 5.44. The van der Waals surface area contributed by atoms with Gasteiger partial charge in [0.2, 0.25) is 5.91 Å². The van der Waals surface area contributed by atoms with Crippen molar-refractivity contribution in [2.45, 2.75) is 25.2 Å². The number of ether oxygens (including phenoxy) is 2. The smallest absolute Gasteiger partial charge is 0.237 e. The zero-order valence-corrected chi connectivity index (χ0v) is 21.6. The molecule has 1 aliphatic rings. The fraction of sp³-hybridized carbons (Fsp3) is 0.345. The van der Waals surface area contributed by atoms with Gasteiger partial charge in [-0.2, -0.15) is 0 Å². The van der Waals surface area contributed by atoms with E-state index < -0.39 is 6.10 Å². The van der Waals surface area contributed by atoms with Crippen molar-refractivity contribution in [3.8, 4) is 5.75 Å².